The van der Waals surface area contributed by atoms with Crippen LogP contribution in [0.1, 0.15) is 21.5 Å². The number of carbonyl (C=O) groups is 1. The van der Waals surface area contributed by atoms with Crippen LogP contribution in [0, 0.1) is 0 Å². The van der Waals surface area contributed by atoms with E-state index in [2.05, 4.69) is 10.5 Å². The van der Waals surface area contributed by atoms with Crippen molar-refractivity contribution >= 4 is 23.7 Å². The smallest absolute Gasteiger partial charge is 0.271 e. The Kier molecular flexibility index (Phi) is 6.65. The molecule has 142 valence electrons. The molecule has 0 saturated heterocycles. The number of amides is 1. The van der Waals surface area contributed by atoms with E-state index in [1.165, 1.54) is 6.21 Å². The minimum atomic E-state index is -0.339. The van der Waals surface area contributed by atoms with Crippen molar-refractivity contribution in [1.82, 2.24) is 5.43 Å². The van der Waals surface area contributed by atoms with E-state index in [1.807, 2.05) is 42.5 Å². The number of carbonyl (C=O) groups excluding carboxylic acids is 1. The summed E-state index contributed by atoms with van der Waals surface area (Å²) in [6.07, 6.45) is 1.53. The topological polar surface area (TPSA) is 59.9 Å². The Bertz CT molecular complexity index is 975. The van der Waals surface area contributed by atoms with Crippen molar-refractivity contribution in [3.63, 3.8) is 0 Å². The van der Waals surface area contributed by atoms with Gasteiger partial charge in [0.15, 0.2) is 11.5 Å². The van der Waals surface area contributed by atoms with Crippen LogP contribution in [0.5, 0.6) is 11.5 Å². The zero-order valence-electron chi connectivity index (χ0n) is 15.3. The van der Waals surface area contributed by atoms with Gasteiger partial charge in [0.2, 0.25) is 0 Å². The molecule has 0 saturated carbocycles. The van der Waals surface area contributed by atoms with E-state index in [0.717, 1.165) is 11.1 Å². The van der Waals surface area contributed by atoms with Gasteiger partial charge in [0, 0.05) is 10.6 Å². The lowest BCUT2D eigenvalue weighted by molar-refractivity contribution is 0.0955. The second kappa shape index (κ2) is 9.58. The third-order valence-electron chi connectivity index (χ3n) is 3.89. The van der Waals surface area contributed by atoms with Crippen molar-refractivity contribution in [3.05, 3.63) is 94.5 Å². The Labute approximate surface area is 168 Å². The van der Waals surface area contributed by atoms with Crippen LogP contribution in [0.3, 0.4) is 0 Å². The second-order valence-corrected chi connectivity index (χ2v) is 6.33. The first-order valence-electron chi connectivity index (χ1n) is 8.59. The summed E-state index contributed by atoms with van der Waals surface area (Å²) in [4.78, 5) is 12.1. The fraction of sp³-hybridized carbons (Fsp3) is 0.0909. The van der Waals surface area contributed by atoms with Crippen molar-refractivity contribution in [2.75, 3.05) is 7.11 Å². The number of benzene rings is 3. The van der Waals surface area contributed by atoms with E-state index in [1.54, 1.807) is 37.4 Å². The normalized spacial score (nSPS) is 10.6. The summed E-state index contributed by atoms with van der Waals surface area (Å²) in [5, 5.41) is 4.48. The molecular formula is C22H19ClN2O3. The second-order valence-electron chi connectivity index (χ2n) is 5.89. The molecule has 0 aliphatic heterocycles. The first kappa shape index (κ1) is 19.5. The van der Waals surface area contributed by atoms with Crippen molar-refractivity contribution in [2.45, 2.75) is 6.61 Å². The molecule has 0 unspecified atom stereocenters. The SMILES string of the molecule is COc1cc(/C=N\NC(=O)c2cccc(Cl)c2)ccc1OCc1ccccc1. The van der Waals surface area contributed by atoms with Crippen molar-refractivity contribution in [3.8, 4) is 11.5 Å². The Morgan fingerprint density at radius 1 is 1.04 bits per heavy atom. The maximum absolute atomic E-state index is 12.1. The van der Waals surface area contributed by atoms with Crippen molar-refractivity contribution in [2.24, 2.45) is 5.10 Å². The van der Waals surface area contributed by atoms with E-state index in [-0.39, 0.29) is 5.91 Å². The first-order chi connectivity index (χ1) is 13.7. The molecule has 6 heteroatoms. The van der Waals surface area contributed by atoms with Crippen LogP contribution in [0.2, 0.25) is 5.02 Å². The molecule has 0 fully saturated rings. The fourth-order valence-electron chi connectivity index (χ4n) is 2.48. The van der Waals surface area contributed by atoms with Gasteiger partial charge < -0.3 is 9.47 Å². The quantitative estimate of drug-likeness (QED) is 0.467. The maximum Gasteiger partial charge on any atom is 0.271 e. The molecule has 3 rings (SSSR count). The van der Waals surface area contributed by atoms with E-state index in [4.69, 9.17) is 21.1 Å². The van der Waals surface area contributed by atoms with Gasteiger partial charge in [0.25, 0.3) is 5.91 Å². The number of hydrogen-bond acceptors (Lipinski definition) is 4. The van der Waals surface area contributed by atoms with Gasteiger partial charge in [-0.25, -0.2) is 5.43 Å². The van der Waals surface area contributed by atoms with Gasteiger partial charge in [0.05, 0.1) is 13.3 Å². The molecule has 0 bridgehead atoms. The average Bonchev–Trinajstić information content (AvgIpc) is 2.73. The lowest BCUT2D eigenvalue weighted by Gasteiger charge is -2.11. The Balaban J connectivity index is 1.62. The fourth-order valence-corrected chi connectivity index (χ4v) is 2.67. The molecular weight excluding hydrogens is 376 g/mol. The molecule has 0 radical (unpaired) electrons. The molecule has 28 heavy (non-hydrogen) atoms. The number of ether oxygens (including phenoxy) is 2. The monoisotopic (exact) mass is 394 g/mol. The predicted molar refractivity (Wildman–Crippen MR) is 110 cm³/mol. The van der Waals surface area contributed by atoms with Gasteiger partial charge in [-0.15, -0.1) is 0 Å². The van der Waals surface area contributed by atoms with Crippen LogP contribution in [-0.2, 0) is 6.61 Å². The Morgan fingerprint density at radius 2 is 1.86 bits per heavy atom. The summed E-state index contributed by atoms with van der Waals surface area (Å²) < 4.78 is 11.2. The molecule has 0 aliphatic carbocycles. The minimum Gasteiger partial charge on any atom is -0.493 e. The highest BCUT2D eigenvalue weighted by Gasteiger charge is 2.07. The highest BCUT2D eigenvalue weighted by molar-refractivity contribution is 6.30. The molecule has 1 N–H and O–H groups in total. The van der Waals surface area contributed by atoms with Gasteiger partial charge in [-0.05, 0) is 47.5 Å². The lowest BCUT2D eigenvalue weighted by atomic mass is 10.2. The number of nitrogens with zero attached hydrogens (tertiary/aromatic N) is 1. The minimum absolute atomic E-state index is 0.339. The van der Waals surface area contributed by atoms with Gasteiger partial charge in [0.1, 0.15) is 6.61 Å². The van der Waals surface area contributed by atoms with Crippen LogP contribution in [0.25, 0.3) is 0 Å². The lowest BCUT2D eigenvalue weighted by Crippen LogP contribution is -2.17. The zero-order valence-corrected chi connectivity index (χ0v) is 16.0. The molecule has 0 heterocycles. The number of hydrazone groups is 1. The zero-order chi connectivity index (χ0) is 19.8. The van der Waals surface area contributed by atoms with Gasteiger partial charge in [-0.2, -0.15) is 5.10 Å². The van der Waals surface area contributed by atoms with Gasteiger partial charge in [-0.3, -0.25) is 4.79 Å². The molecule has 0 aliphatic rings. The van der Waals surface area contributed by atoms with E-state index in [9.17, 15) is 4.79 Å². The molecule has 0 atom stereocenters. The molecule has 3 aromatic rings. The van der Waals surface area contributed by atoms with Crippen LogP contribution < -0.4 is 14.9 Å². The van der Waals surface area contributed by atoms with Crippen LogP contribution in [0.15, 0.2) is 77.9 Å². The van der Waals surface area contributed by atoms with Crippen molar-refractivity contribution in [1.29, 1.82) is 0 Å². The predicted octanol–water partition coefficient (Wildman–Crippen LogP) is 4.69. The highest BCUT2D eigenvalue weighted by Crippen LogP contribution is 2.28. The summed E-state index contributed by atoms with van der Waals surface area (Å²) >= 11 is 5.89. The summed E-state index contributed by atoms with van der Waals surface area (Å²) in [5.74, 6) is 0.876. The van der Waals surface area contributed by atoms with Gasteiger partial charge >= 0.3 is 0 Å². The average molecular weight is 395 g/mol. The van der Waals surface area contributed by atoms with Gasteiger partial charge in [-0.1, -0.05) is 48.0 Å². The molecule has 1 amide bonds. The largest absolute Gasteiger partial charge is 0.493 e. The number of hydrogen-bond donors (Lipinski definition) is 1. The number of methoxy groups -OCH3 is 1. The van der Waals surface area contributed by atoms with Crippen LogP contribution in [-0.4, -0.2) is 19.2 Å². The van der Waals surface area contributed by atoms with Crippen LogP contribution >= 0.6 is 11.6 Å². The van der Waals surface area contributed by atoms with Crippen molar-refractivity contribution < 1.29 is 14.3 Å². The Hall–Kier alpha value is -3.31. The molecule has 0 aromatic heterocycles. The molecule has 0 spiro atoms. The number of nitrogens with one attached hydrogen (secondary N) is 1. The summed E-state index contributed by atoms with van der Waals surface area (Å²) in [5.41, 5.74) is 4.74. The third-order valence-corrected chi connectivity index (χ3v) is 4.13. The number of rotatable bonds is 7. The third kappa shape index (κ3) is 5.34. The number of halogens is 1. The van der Waals surface area contributed by atoms with E-state index < -0.39 is 0 Å². The van der Waals surface area contributed by atoms with E-state index >= 15 is 0 Å². The Morgan fingerprint density at radius 3 is 2.61 bits per heavy atom. The first-order valence-corrected chi connectivity index (χ1v) is 8.97. The summed E-state index contributed by atoms with van der Waals surface area (Å²) in [6.45, 7) is 0.445. The molecule has 5 nitrogen and oxygen atoms in total. The van der Waals surface area contributed by atoms with E-state index in [0.29, 0.717) is 28.7 Å². The summed E-state index contributed by atoms with van der Waals surface area (Å²) in [7, 11) is 1.58. The molecule has 3 aromatic carbocycles. The summed E-state index contributed by atoms with van der Waals surface area (Å²) in [6, 6.07) is 22.0. The highest BCUT2D eigenvalue weighted by atomic mass is 35.5. The maximum atomic E-state index is 12.1. The van der Waals surface area contributed by atoms with Crippen LogP contribution in [0.4, 0.5) is 0 Å². The standard InChI is InChI=1S/C22H19ClN2O3/c1-27-21-12-17(10-11-20(21)28-15-16-6-3-2-4-7-16)14-24-25-22(26)18-8-5-9-19(23)13-18/h2-14H,15H2,1H3,(H,25,26)/b24-14-.